The molecule has 0 saturated carbocycles. The SMILES string of the molecule is Cc1ccc(S(=O)(=O)N(CC(=O)NCc2cccc(C)c2)Cc2ccccc2)cc1. The molecule has 0 bridgehead atoms. The Kier molecular flexibility index (Phi) is 7.03. The lowest BCUT2D eigenvalue weighted by Gasteiger charge is -2.22. The van der Waals surface area contributed by atoms with Gasteiger partial charge in [0.2, 0.25) is 15.9 Å². The van der Waals surface area contributed by atoms with Gasteiger partial charge in [0.25, 0.3) is 0 Å². The molecule has 0 spiro atoms. The van der Waals surface area contributed by atoms with Crippen molar-refractivity contribution in [3.05, 3.63) is 101 Å². The van der Waals surface area contributed by atoms with Crippen LogP contribution in [0.4, 0.5) is 0 Å². The standard InChI is InChI=1S/C24H26N2O3S/c1-19-11-13-23(14-12-19)30(28,29)26(17-21-8-4-3-5-9-21)18-24(27)25-16-22-10-6-7-20(2)15-22/h3-15H,16-18H2,1-2H3,(H,25,27). The van der Waals surface area contributed by atoms with Crippen LogP contribution in [0.25, 0.3) is 0 Å². The van der Waals surface area contributed by atoms with Gasteiger partial charge in [-0.2, -0.15) is 4.31 Å². The maximum atomic E-state index is 13.2. The van der Waals surface area contributed by atoms with Crippen LogP contribution < -0.4 is 5.32 Å². The summed E-state index contributed by atoms with van der Waals surface area (Å²) in [5.41, 5.74) is 3.87. The molecule has 1 N–H and O–H groups in total. The number of sulfonamides is 1. The molecule has 1 amide bonds. The van der Waals surface area contributed by atoms with Crippen LogP contribution in [0.2, 0.25) is 0 Å². The van der Waals surface area contributed by atoms with Crippen LogP contribution in [0, 0.1) is 13.8 Å². The molecule has 0 fully saturated rings. The number of aryl methyl sites for hydroxylation is 2. The number of hydrogen-bond donors (Lipinski definition) is 1. The van der Waals surface area contributed by atoms with Crippen molar-refractivity contribution in [2.24, 2.45) is 0 Å². The van der Waals surface area contributed by atoms with Crippen molar-refractivity contribution < 1.29 is 13.2 Å². The average Bonchev–Trinajstić information content (AvgIpc) is 2.73. The van der Waals surface area contributed by atoms with Gasteiger partial charge in [-0.05, 0) is 37.1 Å². The molecule has 0 radical (unpaired) electrons. The number of carbonyl (C=O) groups is 1. The highest BCUT2D eigenvalue weighted by Gasteiger charge is 2.26. The molecule has 3 aromatic rings. The second-order valence-corrected chi connectivity index (χ2v) is 9.28. The predicted octanol–water partition coefficient (Wildman–Crippen LogP) is 3.81. The third kappa shape index (κ3) is 5.78. The molecule has 3 rings (SSSR count). The smallest absolute Gasteiger partial charge is 0.243 e. The second kappa shape index (κ2) is 9.69. The molecule has 0 atom stereocenters. The van der Waals surface area contributed by atoms with Gasteiger partial charge in [0, 0.05) is 13.1 Å². The Hall–Kier alpha value is -2.96. The molecule has 0 aromatic heterocycles. The van der Waals surface area contributed by atoms with Crippen molar-refractivity contribution in [3.63, 3.8) is 0 Å². The van der Waals surface area contributed by atoms with E-state index in [1.807, 2.05) is 68.4 Å². The quantitative estimate of drug-likeness (QED) is 0.600. The van der Waals surface area contributed by atoms with Crippen molar-refractivity contribution in [3.8, 4) is 0 Å². The van der Waals surface area contributed by atoms with E-state index in [2.05, 4.69) is 5.32 Å². The fourth-order valence-electron chi connectivity index (χ4n) is 3.11. The van der Waals surface area contributed by atoms with Crippen LogP contribution in [0.5, 0.6) is 0 Å². The van der Waals surface area contributed by atoms with Crippen molar-refractivity contribution in [1.82, 2.24) is 9.62 Å². The van der Waals surface area contributed by atoms with Crippen LogP contribution in [0.1, 0.15) is 22.3 Å². The minimum Gasteiger partial charge on any atom is -0.351 e. The molecule has 0 aliphatic carbocycles. The van der Waals surface area contributed by atoms with E-state index in [9.17, 15) is 13.2 Å². The van der Waals surface area contributed by atoms with Crippen molar-refractivity contribution in [1.29, 1.82) is 0 Å². The highest BCUT2D eigenvalue weighted by Crippen LogP contribution is 2.19. The van der Waals surface area contributed by atoms with Crippen LogP contribution in [-0.2, 0) is 27.9 Å². The summed E-state index contributed by atoms with van der Waals surface area (Å²) in [7, 11) is -3.83. The summed E-state index contributed by atoms with van der Waals surface area (Å²) >= 11 is 0. The summed E-state index contributed by atoms with van der Waals surface area (Å²) in [6, 6.07) is 23.8. The molecule has 6 heteroatoms. The molecular weight excluding hydrogens is 396 g/mol. The second-order valence-electron chi connectivity index (χ2n) is 7.34. The van der Waals surface area contributed by atoms with Gasteiger partial charge in [0.15, 0.2) is 0 Å². The first-order valence-electron chi connectivity index (χ1n) is 9.77. The van der Waals surface area contributed by atoms with E-state index in [1.165, 1.54) is 4.31 Å². The monoisotopic (exact) mass is 422 g/mol. The fraction of sp³-hybridized carbons (Fsp3) is 0.208. The number of carbonyl (C=O) groups excluding carboxylic acids is 1. The van der Waals surface area contributed by atoms with E-state index in [-0.39, 0.29) is 23.9 Å². The third-order valence-corrected chi connectivity index (χ3v) is 6.56. The normalized spacial score (nSPS) is 11.4. The molecule has 0 saturated heterocycles. The lowest BCUT2D eigenvalue weighted by Crippen LogP contribution is -2.40. The molecule has 156 valence electrons. The van der Waals surface area contributed by atoms with Crippen LogP contribution in [0.3, 0.4) is 0 Å². The maximum absolute atomic E-state index is 13.2. The Morgan fingerprint density at radius 2 is 1.50 bits per heavy atom. The number of amides is 1. The summed E-state index contributed by atoms with van der Waals surface area (Å²) in [6.45, 7) is 4.11. The van der Waals surface area contributed by atoms with Gasteiger partial charge in [-0.1, -0.05) is 77.9 Å². The zero-order valence-corrected chi connectivity index (χ0v) is 18.0. The minimum absolute atomic E-state index is 0.120. The van der Waals surface area contributed by atoms with E-state index in [1.54, 1.807) is 24.3 Å². The van der Waals surface area contributed by atoms with Gasteiger partial charge < -0.3 is 5.32 Å². The zero-order valence-electron chi connectivity index (χ0n) is 17.2. The van der Waals surface area contributed by atoms with E-state index in [0.717, 1.165) is 22.3 Å². The van der Waals surface area contributed by atoms with Gasteiger partial charge in [-0.15, -0.1) is 0 Å². The van der Waals surface area contributed by atoms with Gasteiger partial charge in [0.05, 0.1) is 11.4 Å². The number of benzene rings is 3. The molecular formula is C24H26N2O3S. The molecule has 30 heavy (non-hydrogen) atoms. The average molecular weight is 423 g/mol. The first-order valence-corrected chi connectivity index (χ1v) is 11.2. The van der Waals surface area contributed by atoms with Gasteiger partial charge in [-0.25, -0.2) is 8.42 Å². The summed E-state index contributed by atoms with van der Waals surface area (Å²) < 4.78 is 27.7. The van der Waals surface area contributed by atoms with Crippen LogP contribution >= 0.6 is 0 Å². The number of nitrogens with zero attached hydrogens (tertiary/aromatic N) is 1. The molecule has 0 aliphatic rings. The third-order valence-electron chi connectivity index (χ3n) is 4.75. The lowest BCUT2D eigenvalue weighted by molar-refractivity contribution is -0.121. The van der Waals surface area contributed by atoms with Gasteiger partial charge >= 0.3 is 0 Å². The fourth-order valence-corrected chi connectivity index (χ4v) is 4.50. The predicted molar refractivity (Wildman–Crippen MR) is 118 cm³/mol. The van der Waals surface area contributed by atoms with Crippen LogP contribution in [-0.4, -0.2) is 25.2 Å². The number of nitrogens with one attached hydrogen (secondary N) is 1. The maximum Gasteiger partial charge on any atom is 0.243 e. The molecule has 0 heterocycles. The zero-order chi connectivity index (χ0) is 21.6. The first-order chi connectivity index (χ1) is 14.3. The van der Waals surface area contributed by atoms with Gasteiger partial charge in [-0.3, -0.25) is 4.79 Å². The topological polar surface area (TPSA) is 66.5 Å². The molecule has 0 unspecified atom stereocenters. The van der Waals surface area contributed by atoms with Crippen LogP contribution in [0.15, 0.2) is 83.8 Å². The largest absolute Gasteiger partial charge is 0.351 e. The Balaban J connectivity index is 1.78. The molecule has 0 aliphatic heterocycles. The highest BCUT2D eigenvalue weighted by molar-refractivity contribution is 7.89. The summed E-state index contributed by atoms with van der Waals surface area (Å²) in [5.74, 6) is -0.344. The van der Waals surface area contributed by atoms with E-state index >= 15 is 0 Å². The summed E-state index contributed by atoms with van der Waals surface area (Å²) in [5, 5.41) is 2.83. The molecule has 3 aromatic carbocycles. The molecule has 5 nitrogen and oxygen atoms in total. The summed E-state index contributed by atoms with van der Waals surface area (Å²) in [4.78, 5) is 12.8. The van der Waals surface area contributed by atoms with E-state index in [4.69, 9.17) is 0 Å². The van der Waals surface area contributed by atoms with Crippen molar-refractivity contribution in [2.75, 3.05) is 6.54 Å². The Labute approximate surface area is 178 Å². The van der Waals surface area contributed by atoms with Crippen molar-refractivity contribution >= 4 is 15.9 Å². The minimum atomic E-state index is -3.83. The van der Waals surface area contributed by atoms with Crippen molar-refractivity contribution in [2.45, 2.75) is 31.8 Å². The Morgan fingerprint density at radius 3 is 2.17 bits per heavy atom. The van der Waals surface area contributed by atoms with E-state index in [0.29, 0.717) is 6.54 Å². The summed E-state index contributed by atoms with van der Waals surface area (Å²) in [6.07, 6.45) is 0. The lowest BCUT2D eigenvalue weighted by atomic mass is 10.1. The number of hydrogen-bond acceptors (Lipinski definition) is 3. The first kappa shape index (κ1) is 21.7. The number of rotatable bonds is 8. The van der Waals surface area contributed by atoms with Gasteiger partial charge in [0.1, 0.15) is 0 Å². The highest BCUT2D eigenvalue weighted by atomic mass is 32.2. The Morgan fingerprint density at radius 1 is 0.833 bits per heavy atom. The Bertz CT molecular complexity index is 1090. The van der Waals surface area contributed by atoms with E-state index < -0.39 is 10.0 Å².